The number of aromatic nitrogens is 1. The molecule has 0 unspecified atom stereocenters. The van der Waals surface area contributed by atoms with E-state index in [1.807, 2.05) is 0 Å². The standard InChI is InChI=1S/C14H10NO8S2/c16-10(17)4-24-9-2-6-1-7(13(20)21)8(14(22)23)3-15(6)12(9)25-5-11(18)19/h1,3H,4-5H2,(H,16,17)(H,18,19)(H,20,21)(H,22,23). The van der Waals surface area contributed by atoms with E-state index in [1.165, 1.54) is 4.40 Å². The van der Waals surface area contributed by atoms with Gasteiger partial charge >= 0.3 is 23.9 Å². The molecule has 0 aliphatic heterocycles. The maximum Gasteiger partial charge on any atom is 0.338 e. The molecular formula is C14H10NO8S2. The van der Waals surface area contributed by atoms with Crippen molar-refractivity contribution >= 4 is 52.9 Å². The van der Waals surface area contributed by atoms with Gasteiger partial charge in [-0.1, -0.05) is 11.8 Å². The Morgan fingerprint density at radius 1 is 0.920 bits per heavy atom. The largest absolute Gasteiger partial charge is 0.481 e. The van der Waals surface area contributed by atoms with E-state index >= 15 is 0 Å². The number of aromatic carboxylic acids is 2. The van der Waals surface area contributed by atoms with Gasteiger partial charge in [-0.3, -0.25) is 9.59 Å². The molecule has 25 heavy (non-hydrogen) atoms. The molecule has 0 amide bonds. The summed E-state index contributed by atoms with van der Waals surface area (Å²) in [7, 11) is 0. The third-order valence-corrected chi connectivity index (χ3v) is 5.05. The molecule has 1 radical (unpaired) electrons. The van der Waals surface area contributed by atoms with Gasteiger partial charge in [-0.15, -0.1) is 11.8 Å². The van der Waals surface area contributed by atoms with Gasteiger partial charge in [0, 0.05) is 17.2 Å². The van der Waals surface area contributed by atoms with Crippen molar-refractivity contribution in [3.8, 4) is 0 Å². The SMILES string of the molecule is O=C(O)CSc1[c]c2cc(C(=O)O)c(C(=O)O)cn2c1SCC(=O)O. The molecule has 0 aliphatic rings. The lowest BCUT2D eigenvalue weighted by atomic mass is 10.1. The maximum absolute atomic E-state index is 11.3. The Morgan fingerprint density at radius 3 is 2.00 bits per heavy atom. The van der Waals surface area contributed by atoms with Crippen LogP contribution in [0.15, 0.2) is 22.2 Å². The van der Waals surface area contributed by atoms with E-state index in [0.29, 0.717) is 4.90 Å². The number of pyridine rings is 1. The second kappa shape index (κ2) is 7.49. The first kappa shape index (κ1) is 18.7. The molecule has 2 aromatic heterocycles. The van der Waals surface area contributed by atoms with Gasteiger partial charge in [-0.2, -0.15) is 0 Å². The van der Waals surface area contributed by atoms with Gasteiger partial charge in [0.2, 0.25) is 0 Å². The maximum atomic E-state index is 11.3. The van der Waals surface area contributed by atoms with Crippen LogP contribution in [-0.4, -0.2) is 60.2 Å². The van der Waals surface area contributed by atoms with Gasteiger partial charge in [0.1, 0.15) is 0 Å². The highest BCUT2D eigenvalue weighted by atomic mass is 32.2. The number of nitrogens with zero attached hydrogens (tertiary/aromatic N) is 1. The minimum Gasteiger partial charge on any atom is -0.481 e. The van der Waals surface area contributed by atoms with Gasteiger partial charge in [0.25, 0.3) is 0 Å². The Bertz CT molecular complexity index is 889. The van der Waals surface area contributed by atoms with Gasteiger partial charge in [0.05, 0.1) is 33.2 Å². The summed E-state index contributed by atoms with van der Waals surface area (Å²) in [5.74, 6) is -5.76. The molecule has 4 N–H and O–H groups in total. The van der Waals surface area contributed by atoms with Crippen LogP contribution < -0.4 is 0 Å². The van der Waals surface area contributed by atoms with Crippen LogP contribution in [-0.2, 0) is 9.59 Å². The Labute approximate surface area is 148 Å². The van der Waals surface area contributed by atoms with Crippen molar-refractivity contribution in [3.05, 3.63) is 29.5 Å². The third-order valence-electron chi connectivity index (χ3n) is 2.88. The van der Waals surface area contributed by atoms with E-state index in [9.17, 15) is 24.3 Å². The summed E-state index contributed by atoms with van der Waals surface area (Å²) in [6, 6.07) is 3.90. The quantitative estimate of drug-likeness (QED) is 0.492. The molecule has 2 heterocycles. The number of rotatable bonds is 8. The van der Waals surface area contributed by atoms with Crippen molar-refractivity contribution in [1.29, 1.82) is 0 Å². The highest BCUT2D eigenvalue weighted by molar-refractivity contribution is 8.02. The molecule has 0 aromatic carbocycles. The number of aliphatic carboxylic acids is 2. The highest BCUT2D eigenvalue weighted by Crippen LogP contribution is 2.34. The van der Waals surface area contributed by atoms with Crippen LogP contribution in [0, 0.1) is 6.07 Å². The van der Waals surface area contributed by atoms with E-state index in [-0.39, 0.29) is 22.0 Å². The average Bonchev–Trinajstić information content (AvgIpc) is 2.86. The topological polar surface area (TPSA) is 154 Å². The molecule has 0 bridgehead atoms. The molecule has 0 fully saturated rings. The van der Waals surface area contributed by atoms with Crippen LogP contribution >= 0.6 is 23.5 Å². The van der Waals surface area contributed by atoms with Crippen molar-refractivity contribution in [2.75, 3.05) is 11.5 Å². The van der Waals surface area contributed by atoms with Crippen LogP contribution in [0.5, 0.6) is 0 Å². The van der Waals surface area contributed by atoms with Gasteiger partial charge in [0.15, 0.2) is 0 Å². The fraction of sp³-hybridized carbons (Fsp3) is 0.143. The lowest BCUT2D eigenvalue weighted by Gasteiger charge is -2.07. The highest BCUT2D eigenvalue weighted by Gasteiger charge is 2.21. The molecule has 0 atom stereocenters. The van der Waals surface area contributed by atoms with Gasteiger partial charge in [-0.25, -0.2) is 9.59 Å². The Kier molecular flexibility index (Phi) is 5.59. The number of carboxylic acids is 4. The summed E-state index contributed by atoms with van der Waals surface area (Å²) in [4.78, 5) is 44.4. The Morgan fingerprint density at radius 2 is 1.48 bits per heavy atom. The number of carboxylic acid groups (broad SMARTS) is 4. The first-order valence-electron chi connectivity index (χ1n) is 6.48. The van der Waals surface area contributed by atoms with E-state index in [0.717, 1.165) is 35.8 Å². The number of fused-ring (bicyclic) bond motifs is 1. The first-order chi connectivity index (χ1) is 11.7. The molecule has 0 saturated heterocycles. The molecule has 11 heteroatoms. The third kappa shape index (κ3) is 4.25. The Hall–Kier alpha value is -2.66. The summed E-state index contributed by atoms with van der Waals surface area (Å²) in [6.07, 6.45) is 1.06. The van der Waals surface area contributed by atoms with Crippen LogP contribution in [0.1, 0.15) is 20.7 Å². The monoisotopic (exact) mass is 384 g/mol. The second-order valence-electron chi connectivity index (χ2n) is 4.59. The smallest absolute Gasteiger partial charge is 0.338 e. The number of carbonyl (C=O) groups is 4. The van der Waals surface area contributed by atoms with E-state index in [1.54, 1.807) is 0 Å². The Balaban J connectivity index is 2.64. The van der Waals surface area contributed by atoms with Crippen LogP contribution in [0.3, 0.4) is 0 Å². The van der Waals surface area contributed by atoms with Crippen LogP contribution in [0.25, 0.3) is 5.52 Å². The minimum absolute atomic E-state index is 0.197. The van der Waals surface area contributed by atoms with Gasteiger partial charge < -0.3 is 24.8 Å². The average molecular weight is 384 g/mol. The van der Waals surface area contributed by atoms with Crippen LogP contribution in [0.2, 0.25) is 0 Å². The number of hydrogen-bond donors (Lipinski definition) is 4. The molecule has 0 aliphatic carbocycles. The van der Waals surface area contributed by atoms with Crippen molar-refractivity contribution in [2.45, 2.75) is 9.92 Å². The zero-order valence-electron chi connectivity index (χ0n) is 12.3. The van der Waals surface area contributed by atoms with Crippen molar-refractivity contribution in [1.82, 2.24) is 4.40 Å². The zero-order chi connectivity index (χ0) is 18.7. The minimum atomic E-state index is -1.46. The van der Waals surface area contributed by atoms with Gasteiger partial charge in [-0.05, 0) is 6.07 Å². The lowest BCUT2D eigenvalue weighted by molar-refractivity contribution is -0.135. The molecule has 0 spiro atoms. The van der Waals surface area contributed by atoms with Crippen LogP contribution in [0.4, 0.5) is 0 Å². The van der Waals surface area contributed by atoms with Crippen molar-refractivity contribution in [2.24, 2.45) is 0 Å². The van der Waals surface area contributed by atoms with Crippen molar-refractivity contribution < 1.29 is 39.6 Å². The fourth-order valence-electron chi connectivity index (χ4n) is 1.94. The molecule has 9 nitrogen and oxygen atoms in total. The predicted octanol–water partition coefficient (Wildman–Crippen LogP) is 1.49. The predicted molar refractivity (Wildman–Crippen MR) is 86.9 cm³/mol. The number of thioether (sulfide) groups is 2. The summed E-state index contributed by atoms with van der Waals surface area (Å²) >= 11 is 1.73. The summed E-state index contributed by atoms with van der Waals surface area (Å²) < 4.78 is 1.30. The fourth-order valence-corrected chi connectivity index (χ4v) is 3.69. The van der Waals surface area contributed by atoms with E-state index in [2.05, 4.69) is 6.07 Å². The van der Waals surface area contributed by atoms with E-state index < -0.39 is 35.0 Å². The number of hydrogen-bond acceptors (Lipinski definition) is 6. The normalized spacial score (nSPS) is 10.7. The summed E-state index contributed by atoms with van der Waals surface area (Å²) in [5, 5.41) is 36.3. The molecular weight excluding hydrogens is 374 g/mol. The molecule has 2 rings (SSSR count). The lowest BCUT2D eigenvalue weighted by Crippen LogP contribution is -2.10. The molecule has 2 aromatic rings. The first-order valence-corrected chi connectivity index (χ1v) is 8.45. The van der Waals surface area contributed by atoms with Crippen molar-refractivity contribution in [3.63, 3.8) is 0 Å². The summed E-state index contributed by atoms with van der Waals surface area (Å²) in [6.45, 7) is 0. The second-order valence-corrected chi connectivity index (χ2v) is 6.54. The molecule has 131 valence electrons. The summed E-state index contributed by atoms with van der Waals surface area (Å²) in [5.41, 5.74) is -0.725. The zero-order valence-corrected chi connectivity index (χ0v) is 13.9. The molecule has 0 saturated carbocycles. The van der Waals surface area contributed by atoms with E-state index in [4.69, 9.17) is 15.3 Å².